The van der Waals surface area contributed by atoms with E-state index in [4.69, 9.17) is 13.9 Å². The van der Waals surface area contributed by atoms with Crippen molar-refractivity contribution in [3.05, 3.63) is 64.3 Å². The van der Waals surface area contributed by atoms with E-state index in [1.165, 1.54) is 6.07 Å². The van der Waals surface area contributed by atoms with Gasteiger partial charge in [0.05, 0.1) is 25.4 Å². The molecule has 3 heterocycles. The summed E-state index contributed by atoms with van der Waals surface area (Å²) in [5.41, 5.74) is 1.41. The number of benzene rings is 1. The van der Waals surface area contributed by atoms with Gasteiger partial charge in [0.2, 0.25) is 0 Å². The van der Waals surface area contributed by atoms with Crippen LogP contribution in [0, 0.1) is 6.92 Å². The molecule has 1 aromatic carbocycles. The SMILES string of the molecule is COc1ccccc1-c1cc(C(=O)N2CCC(Oc3cc(C)oc(=O)c3)C2)[nH]n1. The summed E-state index contributed by atoms with van der Waals surface area (Å²) >= 11 is 0. The van der Waals surface area contributed by atoms with E-state index in [1.807, 2.05) is 24.3 Å². The molecule has 1 aliphatic rings. The lowest BCUT2D eigenvalue weighted by molar-refractivity contribution is 0.0766. The van der Waals surface area contributed by atoms with Crippen molar-refractivity contribution in [2.75, 3.05) is 20.2 Å². The molecule has 4 rings (SSSR count). The minimum absolute atomic E-state index is 0.145. The Balaban J connectivity index is 1.44. The first-order valence-corrected chi connectivity index (χ1v) is 9.30. The molecule has 1 fully saturated rings. The molecular formula is C21H21N3O5. The quantitative estimate of drug-likeness (QED) is 0.713. The molecule has 29 heavy (non-hydrogen) atoms. The van der Waals surface area contributed by atoms with E-state index in [2.05, 4.69) is 10.2 Å². The molecule has 0 aliphatic carbocycles. The molecule has 1 atom stereocenters. The highest BCUT2D eigenvalue weighted by atomic mass is 16.5. The predicted octanol–water partition coefficient (Wildman–Crippen LogP) is 2.64. The highest BCUT2D eigenvalue weighted by Crippen LogP contribution is 2.29. The lowest BCUT2D eigenvalue weighted by atomic mass is 10.1. The van der Waals surface area contributed by atoms with Crippen molar-refractivity contribution in [3.63, 3.8) is 0 Å². The van der Waals surface area contributed by atoms with Crippen LogP contribution in [0.5, 0.6) is 11.5 Å². The molecule has 3 aromatic rings. The molecule has 0 spiro atoms. The van der Waals surface area contributed by atoms with E-state index in [1.54, 1.807) is 31.1 Å². The molecule has 1 unspecified atom stereocenters. The van der Waals surface area contributed by atoms with Gasteiger partial charge < -0.3 is 18.8 Å². The van der Waals surface area contributed by atoms with Crippen molar-refractivity contribution in [2.24, 2.45) is 0 Å². The molecule has 8 heteroatoms. The summed E-state index contributed by atoms with van der Waals surface area (Å²) in [5, 5.41) is 7.09. The number of aromatic amines is 1. The molecule has 1 saturated heterocycles. The first-order valence-electron chi connectivity index (χ1n) is 9.30. The minimum Gasteiger partial charge on any atom is -0.496 e. The molecule has 0 bridgehead atoms. The zero-order chi connectivity index (χ0) is 20.4. The van der Waals surface area contributed by atoms with Crippen LogP contribution in [0.25, 0.3) is 11.3 Å². The smallest absolute Gasteiger partial charge is 0.339 e. The van der Waals surface area contributed by atoms with Gasteiger partial charge in [-0.2, -0.15) is 5.10 Å². The van der Waals surface area contributed by atoms with Crippen LogP contribution < -0.4 is 15.1 Å². The van der Waals surface area contributed by atoms with Crippen molar-refractivity contribution >= 4 is 5.91 Å². The summed E-state index contributed by atoms with van der Waals surface area (Å²) in [5.74, 6) is 1.49. The van der Waals surface area contributed by atoms with Gasteiger partial charge in [0.15, 0.2) is 0 Å². The number of hydrogen-bond donors (Lipinski definition) is 1. The summed E-state index contributed by atoms with van der Waals surface area (Å²) < 4.78 is 16.2. The molecule has 1 N–H and O–H groups in total. The van der Waals surface area contributed by atoms with Gasteiger partial charge in [-0.1, -0.05) is 12.1 Å². The molecule has 0 saturated carbocycles. The third-order valence-corrected chi connectivity index (χ3v) is 4.79. The molecule has 1 amide bonds. The number of rotatable bonds is 5. The fourth-order valence-corrected chi connectivity index (χ4v) is 3.44. The number of carbonyl (C=O) groups is 1. The van der Waals surface area contributed by atoms with Gasteiger partial charge in [-0.05, 0) is 25.1 Å². The van der Waals surface area contributed by atoms with Gasteiger partial charge in [0, 0.05) is 24.6 Å². The van der Waals surface area contributed by atoms with Crippen LogP contribution in [-0.2, 0) is 0 Å². The zero-order valence-electron chi connectivity index (χ0n) is 16.2. The maximum atomic E-state index is 12.9. The van der Waals surface area contributed by atoms with Crippen LogP contribution in [-0.4, -0.2) is 47.3 Å². The van der Waals surface area contributed by atoms with Gasteiger partial charge in [0.25, 0.3) is 5.91 Å². The van der Waals surface area contributed by atoms with Crippen LogP contribution in [0.4, 0.5) is 0 Å². The summed E-state index contributed by atoms with van der Waals surface area (Å²) in [6.45, 7) is 2.68. The van der Waals surface area contributed by atoms with Crippen LogP contribution in [0.1, 0.15) is 22.7 Å². The highest BCUT2D eigenvalue weighted by molar-refractivity contribution is 5.93. The van der Waals surface area contributed by atoms with Gasteiger partial charge in [-0.15, -0.1) is 0 Å². The second kappa shape index (κ2) is 7.83. The van der Waals surface area contributed by atoms with E-state index < -0.39 is 5.63 Å². The third-order valence-electron chi connectivity index (χ3n) is 4.79. The van der Waals surface area contributed by atoms with Gasteiger partial charge in [0.1, 0.15) is 29.1 Å². The number of hydrogen-bond acceptors (Lipinski definition) is 6. The number of H-pyrrole nitrogens is 1. The Morgan fingerprint density at radius 2 is 2.10 bits per heavy atom. The number of para-hydroxylation sites is 1. The Bertz CT molecular complexity index is 1090. The number of methoxy groups -OCH3 is 1. The molecule has 0 radical (unpaired) electrons. The molecular weight excluding hydrogens is 374 g/mol. The normalized spacial score (nSPS) is 16.1. The molecule has 1 aliphatic heterocycles. The van der Waals surface area contributed by atoms with Crippen LogP contribution in [0.15, 0.2) is 51.7 Å². The summed E-state index contributed by atoms with van der Waals surface area (Å²) in [4.78, 5) is 26.0. The number of carbonyl (C=O) groups excluding carboxylic acids is 1. The van der Waals surface area contributed by atoms with Crippen molar-refractivity contribution in [2.45, 2.75) is 19.4 Å². The lowest BCUT2D eigenvalue weighted by Crippen LogP contribution is -2.31. The lowest BCUT2D eigenvalue weighted by Gasteiger charge is -2.16. The number of ether oxygens (including phenoxy) is 2. The number of likely N-dealkylation sites (tertiary alicyclic amines) is 1. The fourth-order valence-electron chi connectivity index (χ4n) is 3.44. The molecule has 150 valence electrons. The largest absolute Gasteiger partial charge is 0.496 e. The average Bonchev–Trinajstić information content (AvgIpc) is 3.36. The Morgan fingerprint density at radius 3 is 2.90 bits per heavy atom. The second-order valence-electron chi connectivity index (χ2n) is 6.87. The van der Waals surface area contributed by atoms with E-state index in [-0.39, 0.29) is 12.0 Å². The highest BCUT2D eigenvalue weighted by Gasteiger charge is 2.29. The number of nitrogens with one attached hydrogen (secondary N) is 1. The maximum Gasteiger partial charge on any atom is 0.339 e. The number of aryl methyl sites for hydroxylation is 1. The predicted molar refractivity (Wildman–Crippen MR) is 105 cm³/mol. The minimum atomic E-state index is -0.452. The Labute approximate surface area is 167 Å². The summed E-state index contributed by atoms with van der Waals surface area (Å²) in [6, 6.07) is 12.2. The van der Waals surface area contributed by atoms with Crippen molar-refractivity contribution in [1.29, 1.82) is 0 Å². The van der Waals surface area contributed by atoms with Gasteiger partial charge in [-0.3, -0.25) is 9.89 Å². The van der Waals surface area contributed by atoms with Crippen LogP contribution >= 0.6 is 0 Å². The van der Waals surface area contributed by atoms with Crippen LogP contribution in [0.2, 0.25) is 0 Å². The first-order chi connectivity index (χ1) is 14.0. The monoisotopic (exact) mass is 395 g/mol. The van der Waals surface area contributed by atoms with Crippen LogP contribution in [0.3, 0.4) is 0 Å². The summed E-state index contributed by atoms with van der Waals surface area (Å²) in [6.07, 6.45) is 0.496. The number of nitrogens with zero attached hydrogens (tertiary/aromatic N) is 2. The Kier molecular flexibility index (Phi) is 5.07. The first kappa shape index (κ1) is 18.8. The third kappa shape index (κ3) is 4.01. The van der Waals surface area contributed by atoms with E-state index >= 15 is 0 Å². The van der Waals surface area contributed by atoms with Gasteiger partial charge in [-0.25, -0.2) is 4.79 Å². The molecule has 8 nitrogen and oxygen atoms in total. The topological polar surface area (TPSA) is 97.7 Å². The van der Waals surface area contributed by atoms with Gasteiger partial charge >= 0.3 is 5.63 Å². The van der Waals surface area contributed by atoms with Crippen molar-refractivity contribution in [1.82, 2.24) is 15.1 Å². The standard InChI is InChI=1S/C21H21N3O5/c1-13-9-15(10-20(25)28-13)29-14-7-8-24(12-14)21(26)18-11-17(22-23-18)16-5-3-4-6-19(16)27-2/h3-6,9-11,14H,7-8,12H2,1-2H3,(H,22,23). The van der Waals surface area contributed by atoms with Crippen molar-refractivity contribution in [3.8, 4) is 22.8 Å². The fraction of sp³-hybridized carbons (Fsp3) is 0.286. The number of amides is 1. The molecule has 2 aromatic heterocycles. The second-order valence-corrected chi connectivity index (χ2v) is 6.87. The average molecular weight is 395 g/mol. The zero-order valence-corrected chi connectivity index (χ0v) is 16.2. The Morgan fingerprint density at radius 1 is 1.28 bits per heavy atom. The van der Waals surface area contributed by atoms with E-state index in [0.717, 1.165) is 5.56 Å². The Hall–Kier alpha value is -3.55. The van der Waals surface area contributed by atoms with Crippen molar-refractivity contribution < 1.29 is 18.7 Å². The van der Waals surface area contributed by atoms with E-state index in [9.17, 15) is 9.59 Å². The number of aromatic nitrogens is 2. The summed E-state index contributed by atoms with van der Waals surface area (Å²) in [7, 11) is 1.60. The maximum absolute atomic E-state index is 12.9. The van der Waals surface area contributed by atoms with E-state index in [0.29, 0.717) is 48.2 Å².